The lowest BCUT2D eigenvalue weighted by Crippen LogP contribution is -2.27. The lowest BCUT2D eigenvalue weighted by atomic mass is 9.76. The molecule has 2 N–H and O–H groups in total. The van der Waals surface area contributed by atoms with Gasteiger partial charge in [-0.05, 0) is 42.0 Å². The Morgan fingerprint density at radius 3 is 2.53 bits per heavy atom. The second-order valence-corrected chi connectivity index (χ2v) is 5.87. The Labute approximate surface area is 105 Å². The second-order valence-electron chi connectivity index (χ2n) is 5.87. The van der Waals surface area contributed by atoms with E-state index in [9.17, 15) is 0 Å². The van der Waals surface area contributed by atoms with E-state index in [1.807, 2.05) is 12.1 Å². The summed E-state index contributed by atoms with van der Waals surface area (Å²) < 4.78 is 0. The molecule has 0 amide bonds. The summed E-state index contributed by atoms with van der Waals surface area (Å²) in [5.74, 6) is 0.810. The molecule has 0 aromatic heterocycles. The van der Waals surface area contributed by atoms with Crippen molar-refractivity contribution in [3.05, 3.63) is 24.3 Å². The van der Waals surface area contributed by atoms with E-state index >= 15 is 0 Å². The van der Waals surface area contributed by atoms with Gasteiger partial charge in [0.2, 0.25) is 0 Å². The van der Waals surface area contributed by atoms with Crippen LogP contribution in [0.3, 0.4) is 0 Å². The molecule has 1 saturated heterocycles. The van der Waals surface area contributed by atoms with Crippen molar-refractivity contribution in [1.82, 2.24) is 0 Å². The number of rotatable bonds is 3. The van der Waals surface area contributed by atoms with Gasteiger partial charge in [0.25, 0.3) is 0 Å². The molecule has 1 aromatic carbocycles. The van der Waals surface area contributed by atoms with Crippen LogP contribution in [0.15, 0.2) is 24.3 Å². The topological polar surface area (TPSA) is 29.3 Å². The minimum absolute atomic E-state index is 0.461. The fourth-order valence-corrected chi connectivity index (χ4v) is 2.61. The summed E-state index contributed by atoms with van der Waals surface area (Å²) in [6.45, 7) is 9.45. The highest BCUT2D eigenvalue weighted by Gasteiger charge is 2.33. The van der Waals surface area contributed by atoms with Crippen molar-refractivity contribution < 1.29 is 0 Å². The van der Waals surface area contributed by atoms with Gasteiger partial charge in [-0.1, -0.05) is 27.2 Å². The summed E-state index contributed by atoms with van der Waals surface area (Å²) in [6.07, 6.45) is 2.57. The highest BCUT2D eigenvalue weighted by Crippen LogP contribution is 2.38. The van der Waals surface area contributed by atoms with Crippen LogP contribution in [0.25, 0.3) is 0 Å². The molecular formula is C15H24N2. The molecule has 1 aliphatic rings. The molecule has 1 aromatic rings. The molecule has 0 aliphatic carbocycles. The first-order valence-corrected chi connectivity index (χ1v) is 6.63. The van der Waals surface area contributed by atoms with Gasteiger partial charge in [0, 0.05) is 24.5 Å². The molecule has 1 aliphatic heterocycles. The first kappa shape index (κ1) is 12.3. The van der Waals surface area contributed by atoms with Crippen LogP contribution in [-0.2, 0) is 0 Å². The van der Waals surface area contributed by atoms with Gasteiger partial charge < -0.3 is 10.6 Å². The third-order valence-corrected chi connectivity index (χ3v) is 4.46. The summed E-state index contributed by atoms with van der Waals surface area (Å²) >= 11 is 0. The van der Waals surface area contributed by atoms with Crippen LogP contribution < -0.4 is 10.6 Å². The number of nitrogen functional groups attached to an aromatic ring is 1. The standard InChI is InChI=1S/C15H24N2/c1-4-15(2,3)12-9-10-17(11-12)14-7-5-13(16)6-8-14/h5-8,12H,4,9-11,16H2,1-3H3. The van der Waals surface area contributed by atoms with E-state index in [-0.39, 0.29) is 0 Å². The van der Waals surface area contributed by atoms with E-state index in [0.29, 0.717) is 5.41 Å². The Balaban J connectivity index is 2.05. The largest absolute Gasteiger partial charge is 0.399 e. The van der Waals surface area contributed by atoms with Crippen molar-refractivity contribution in [2.75, 3.05) is 23.7 Å². The smallest absolute Gasteiger partial charge is 0.0367 e. The van der Waals surface area contributed by atoms with Gasteiger partial charge in [0.05, 0.1) is 0 Å². The molecule has 1 fully saturated rings. The van der Waals surface area contributed by atoms with E-state index in [1.54, 1.807) is 0 Å². The molecule has 2 nitrogen and oxygen atoms in total. The maximum absolute atomic E-state index is 5.72. The normalized spacial score (nSPS) is 20.9. The minimum Gasteiger partial charge on any atom is -0.399 e. The average molecular weight is 232 g/mol. The quantitative estimate of drug-likeness (QED) is 0.808. The highest BCUT2D eigenvalue weighted by atomic mass is 15.2. The Bertz CT molecular complexity index is 367. The van der Waals surface area contributed by atoms with Crippen LogP contribution in [0.2, 0.25) is 0 Å². The molecule has 0 radical (unpaired) electrons. The van der Waals surface area contributed by atoms with E-state index in [2.05, 4.69) is 37.8 Å². The lowest BCUT2D eigenvalue weighted by molar-refractivity contribution is 0.223. The third-order valence-electron chi connectivity index (χ3n) is 4.46. The van der Waals surface area contributed by atoms with Gasteiger partial charge in [-0.25, -0.2) is 0 Å². The van der Waals surface area contributed by atoms with Crippen LogP contribution in [0, 0.1) is 11.3 Å². The molecule has 2 heteroatoms. The van der Waals surface area contributed by atoms with Crippen molar-refractivity contribution in [3.8, 4) is 0 Å². The van der Waals surface area contributed by atoms with Crippen molar-refractivity contribution in [2.45, 2.75) is 33.6 Å². The van der Waals surface area contributed by atoms with Crippen molar-refractivity contribution in [3.63, 3.8) is 0 Å². The Hall–Kier alpha value is -1.18. The first-order valence-electron chi connectivity index (χ1n) is 6.63. The zero-order chi connectivity index (χ0) is 12.5. The van der Waals surface area contributed by atoms with Crippen LogP contribution >= 0.6 is 0 Å². The third kappa shape index (κ3) is 2.56. The summed E-state index contributed by atoms with van der Waals surface area (Å²) in [4.78, 5) is 2.49. The molecule has 0 saturated carbocycles. The maximum Gasteiger partial charge on any atom is 0.0367 e. The number of benzene rings is 1. The van der Waals surface area contributed by atoms with E-state index in [0.717, 1.165) is 11.6 Å². The second kappa shape index (κ2) is 4.59. The monoisotopic (exact) mass is 232 g/mol. The Morgan fingerprint density at radius 1 is 1.29 bits per heavy atom. The summed E-state index contributed by atoms with van der Waals surface area (Å²) in [5.41, 5.74) is 8.35. The molecule has 1 heterocycles. The first-order chi connectivity index (χ1) is 8.03. The number of nitrogens with zero attached hydrogens (tertiary/aromatic N) is 1. The number of nitrogens with two attached hydrogens (primary N) is 1. The van der Waals surface area contributed by atoms with Gasteiger partial charge in [0.15, 0.2) is 0 Å². The summed E-state index contributed by atoms with van der Waals surface area (Å²) in [6, 6.07) is 8.26. The molecule has 17 heavy (non-hydrogen) atoms. The van der Waals surface area contributed by atoms with Crippen molar-refractivity contribution in [2.24, 2.45) is 11.3 Å². The van der Waals surface area contributed by atoms with Gasteiger partial charge in [-0.15, -0.1) is 0 Å². The fraction of sp³-hybridized carbons (Fsp3) is 0.600. The van der Waals surface area contributed by atoms with E-state index in [1.165, 1.54) is 31.6 Å². The Morgan fingerprint density at radius 2 is 1.94 bits per heavy atom. The molecule has 94 valence electrons. The minimum atomic E-state index is 0.461. The molecule has 2 rings (SSSR count). The van der Waals surface area contributed by atoms with Crippen LogP contribution in [-0.4, -0.2) is 13.1 Å². The SMILES string of the molecule is CCC(C)(C)C1CCN(c2ccc(N)cc2)C1. The molecule has 0 bridgehead atoms. The maximum atomic E-state index is 5.72. The van der Waals surface area contributed by atoms with E-state index in [4.69, 9.17) is 5.73 Å². The number of hydrogen-bond donors (Lipinski definition) is 1. The molecule has 1 unspecified atom stereocenters. The van der Waals surface area contributed by atoms with Crippen LogP contribution in [0.4, 0.5) is 11.4 Å². The van der Waals surface area contributed by atoms with Crippen molar-refractivity contribution in [1.29, 1.82) is 0 Å². The zero-order valence-electron chi connectivity index (χ0n) is 11.2. The average Bonchev–Trinajstić information content (AvgIpc) is 2.80. The van der Waals surface area contributed by atoms with Gasteiger partial charge in [-0.3, -0.25) is 0 Å². The predicted octanol–water partition coefficient (Wildman–Crippen LogP) is 3.53. The van der Waals surface area contributed by atoms with Crippen LogP contribution in [0.1, 0.15) is 33.6 Å². The number of hydrogen-bond acceptors (Lipinski definition) is 2. The fourth-order valence-electron chi connectivity index (χ4n) is 2.61. The Kier molecular flexibility index (Phi) is 3.32. The molecule has 1 atom stereocenters. The summed E-state index contributed by atoms with van der Waals surface area (Å²) in [5, 5.41) is 0. The number of anilines is 2. The van der Waals surface area contributed by atoms with Gasteiger partial charge in [0.1, 0.15) is 0 Å². The highest BCUT2D eigenvalue weighted by molar-refractivity contribution is 5.53. The van der Waals surface area contributed by atoms with Crippen LogP contribution in [0.5, 0.6) is 0 Å². The van der Waals surface area contributed by atoms with Gasteiger partial charge >= 0.3 is 0 Å². The van der Waals surface area contributed by atoms with Gasteiger partial charge in [-0.2, -0.15) is 0 Å². The lowest BCUT2D eigenvalue weighted by Gasteiger charge is -2.30. The molecule has 0 spiro atoms. The predicted molar refractivity (Wildman–Crippen MR) is 75.2 cm³/mol. The van der Waals surface area contributed by atoms with E-state index < -0.39 is 0 Å². The van der Waals surface area contributed by atoms with Crippen molar-refractivity contribution >= 4 is 11.4 Å². The molecular weight excluding hydrogens is 208 g/mol. The summed E-state index contributed by atoms with van der Waals surface area (Å²) in [7, 11) is 0. The zero-order valence-corrected chi connectivity index (χ0v) is 11.2.